The number of phenolic OH excluding ortho intramolecular Hbond substituents is 1. The molecule has 0 saturated carbocycles. The summed E-state index contributed by atoms with van der Waals surface area (Å²) >= 11 is 0. The second-order valence-corrected chi connectivity index (χ2v) is 8.36. The highest BCUT2D eigenvalue weighted by molar-refractivity contribution is 5.96. The molecule has 0 fully saturated rings. The zero-order chi connectivity index (χ0) is 30.0. The molecule has 39 heavy (non-hydrogen) atoms. The van der Waals surface area contributed by atoms with Crippen molar-refractivity contribution in [2.45, 2.75) is 66.8 Å². The van der Waals surface area contributed by atoms with E-state index in [1.165, 1.54) is 13.1 Å². The average molecular weight is 545 g/mol. The van der Waals surface area contributed by atoms with E-state index in [9.17, 15) is 18.7 Å². The monoisotopic (exact) mass is 544 g/mol. The van der Waals surface area contributed by atoms with Crippen LogP contribution in [0.2, 0.25) is 0 Å². The molecule has 1 amide bonds. The van der Waals surface area contributed by atoms with Gasteiger partial charge < -0.3 is 27.6 Å². The number of aromatic hydroxyl groups is 1. The molecule has 0 saturated heterocycles. The van der Waals surface area contributed by atoms with Gasteiger partial charge in [0.05, 0.1) is 0 Å². The van der Waals surface area contributed by atoms with Crippen molar-refractivity contribution in [3.05, 3.63) is 93.5 Å². The standard InChI is InChI=1S/C17H19F2N.C11H16N2O2.C2H6.CH5N/c1-2-3-7-15-13(10-14(18)11-16(15)19)9-12-6-4-5-8-17(12)20;1-3-13-11(15)9-5-8(6-12)10(14)4-7(9)2;2*1-2/h4-6,8,10-11H,2-3,7,9,20H2,1H3;4-5,14H,3,6,12H2,1-2H3,(H,13,15);1-2H3;2H2,1H3. The number of aryl methyl sites for hydroxylation is 1. The lowest BCUT2D eigenvalue weighted by Crippen LogP contribution is -2.23. The number of nitrogens with two attached hydrogens (primary N) is 3. The number of anilines is 1. The van der Waals surface area contributed by atoms with Crippen molar-refractivity contribution in [2.75, 3.05) is 19.3 Å². The van der Waals surface area contributed by atoms with Gasteiger partial charge >= 0.3 is 0 Å². The Morgan fingerprint density at radius 1 is 0.974 bits per heavy atom. The van der Waals surface area contributed by atoms with Crippen molar-refractivity contribution in [3.63, 3.8) is 0 Å². The lowest BCUT2D eigenvalue weighted by atomic mass is 9.95. The summed E-state index contributed by atoms with van der Waals surface area (Å²) in [5, 5.41) is 12.2. The normalized spacial score (nSPS) is 9.69. The lowest BCUT2D eigenvalue weighted by Gasteiger charge is -2.12. The number of phenols is 1. The van der Waals surface area contributed by atoms with E-state index in [4.69, 9.17) is 11.5 Å². The third kappa shape index (κ3) is 11.4. The topological polar surface area (TPSA) is 127 Å². The first-order chi connectivity index (χ1) is 18.7. The molecule has 8 N–H and O–H groups in total. The predicted octanol–water partition coefficient (Wildman–Crippen LogP) is 5.99. The molecular formula is C31H46F2N4O2. The smallest absolute Gasteiger partial charge is 0.251 e. The Morgan fingerprint density at radius 3 is 2.18 bits per heavy atom. The van der Waals surface area contributed by atoms with E-state index in [0.717, 1.165) is 30.0 Å². The van der Waals surface area contributed by atoms with E-state index >= 15 is 0 Å². The zero-order valence-electron chi connectivity index (χ0n) is 24.2. The van der Waals surface area contributed by atoms with E-state index in [0.29, 0.717) is 47.3 Å². The van der Waals surface area contributed by atoms with Gasteiger partial charge in [0, 0.05) is 36.0 Å². The molecule has 0 atom stereocenters. The minimum atomic E-state index is -0.535. The Balaban J connectivity index is 0.000000678. The number of hydrogen-bond donors (Lipinski definition) is 5. The van der Waals surface area contributed by atoms with Crippen molar-refractivity contribution < 1.29 is 18.7 Å². The van der Waals surface area contributed by atoms with Crippen LogP contribution in [0.15, 0.2) is 48.5 Å². The van der Waals surface area contributed by atoms with Gasteiger partial charge in [-0.1, -0.05) is 45.4 Å². The molecule has 8 heteroatoms. The Kier molecular flexibility index (Phi) is 17.8. The number of unbranched alkanes of at least 4 members (excludes halogenated alkanes) is 1. The number of carbonyl (C=O) groups is 1. The zero-order valence-corrected chi connectivity index (χ0v) is 24.2. The SMILES string of the molecule is CC.CCCCc1c(F)cc(F)cc1Cc1ccccc1N.CCNC(=O)c1cc(CN)c(O)cc1C.CN. The minimum absolute atomic E-state index is 0.135. The number of halogens is 2. The molecule has 0 bridgehead atoms. The summed E-state index contributed by atoms with van der Waals surface area (Å²) in [7, 11) is 1.50. The summed E-state index contributed by atoms with van der Waals surface area (Å²) in [6, 6.07) is 13.0. The molecular weight excluding hydrogens is 498 g/mol. The van der Waals surface area contributed by atoms with Crippen LogP contribution in [0, 0.1) is 18.6 Å². The van der Waals surface area contributed by atoms with Crippen LogP contribution in [0.5, 0.6) is 5.75 Å². The van der Waals surface area contributed by atoms with Crippen LogP contribution < -0.4 is 22.5 Å². The largest absolute Gasteiger partial charge is 0.508 e. The van der Waals surface area contributed by atoms with Gasteiger partial charge in [0.25, 0.3) is 5.91 Å². The van der Waals surface area contributed by atoms with Crippen molar-refractivity contribution in [3.8, 4) is 5.75 Å². The number of amides is 1. The van der Waals surface area contributed by atoms with Crippen molar-refractivity contribution in [1.29, 1.82) is 0 Å². The quantitative estimate of drug-likeness (QED) is 0.223. The molecule has 3 rings (SSSR count). The molecule has 3 aromatic rings. The highest BCUT2D eigenvalue weighted by Gasteiger charge is 2.13. The van der Waals surface area contributed by atoms with Gasteiger partial charge in [0.1, 0.15) is 17.4 Å². The summed E-state index contributed by atoms with van der Waals surface area (Å²) in [4.78, 5) is 11.6. The van der Waals surface area contributed by atoms with Crippen LogP contribution in [-0.2, 0) is 19.4 Å². The van der Waals surface area contributed by atoms with Crippen molar-refractivity contribution in [2.24, 2.45) is 11.5 Å². The number of benzene rings is 3. The highest BCUT2D eigenvalue weighted by atomic mass is 19.1. The van der Waals surface area contributed by atoms with Crippen molar-refractivity contribution in [1.82, 2.24) is 5.32 Å². The molecule has 0 radical (unpaired) electrons. The molecule has 0 aromatic heterocycles. The van der Waals surface area contributed by atoms with Crippen LogP contribution in [0.25, 0.3) is 0 Å². The van der Waals surface area contributed by atoms with E-state index in [-0.39, 0.29) is 18.2 Å². The fourth-order valence-corrected chi connectivity index (χ4v) is 3.75. The predicted molar refractivity (Wildman–Crippen MR) is 159 cm³/mol. The fourth-order valence-electron chi connectivity index (χ4n) is 3.75. The molecule has 216 valence electrons. The van der Waals surface area contributed by atoms with Crippen molar-refractivity contribution >= 4 is 11.6 Å². The van der Waals surface area contributed by atoms with Crippen LogP contribution in [0.4, 0.5) is 14.5 Å². The molecule has 0 spiro atoms. The fraction of sp³-hybridized carbons (Fsp3) is 0.387. The molecule has 0 unspecified atom stereocenters. The summed E-state index contributed by atoms with van der Waals surface area (Å²) in [6.45, 7) is 10.5. The maximum atomic E-state index is 14.0. The minimum Gasteiger partial charge on any atom is -0.508 e. The number of carbonyl (C=O) groups excluding carboxylic acids is 1. The van der Waals surface area contributed by atoms with Gasteiger partial charge in [-0.25, -0.2) is 8.78 Å². The Hall–Kier alpha value is -3.49. The second-order valence-electron chi connectivity index (χ2n) is 8.36. The maximum absolute atomic E-state index is 14.0. The van der Waals surface area contributed by atoms with Gasteiger partial charge in [0.2, 0.25) is 0 Å². The molecule has 0 aliphatic carbocycles. The average Bonchev–Trinajstić information content (AvgIpc) is 2.92. The van der Waals surface area contributed by atoms with Crippen LogP contribution in [0.3, 0.4) is 0 Å². The Morgan fingerprint density at radius 2 is 1.62 bits per heavy atom. The first-order valence-corrected chi connectivity index (χ1v) is 13.4. The van der Waals surface area contributed by atoms with Crippen LogP contribution >= 0.6 is 0 Å². The summed E-state index contributed by atoms with van der Waals surface area (Å²) in [6.07, 6.45) is 2.95. The molecule has 3 aromatic carbocycles. The van der Waals surface area contributed by atoms with Crippen LogP contribution in [-0.4, -0.2) is 24.6 Å². The molecule has 0 aliphatic heterocycles. The third-order valence-corrected chi connectivity index (χ3v) is 5.70. The van der Waals surface area contributed by atoms with Gasteiger partial charge in [0.15, 0.2) is 0 Å². The molecule has 6 nitrogen and oxygen atoms in total. The Bertz CT molecular complexity index is 1150. The molecule has 0 heterocycles. The van der Waals surface area contributed by atoms with Gasteiger partial charge in [-0.15, -0.1) is 0 Å². The third-order valence-electron chi connectivity index (χ3n) is 5.70. The van der Waals surface area contributed by atoms with Crippen LogP contribution in [0.1, 0.15) is 78.7 Å². The van der Waals surface area contributed by atoms with Gasteiger partial charge in [-0.2, -0.15) is 0 Å². The number of rotatable bonds is 8. The second kappa shape index (κ2) is 19.6. The number of nitrogen functional groups attached to an aromatic ring is 1. The summed E-state index contributed by atoms with van der Waals surface area (Å²) < 4.78 is 27.4. The number of nitrogens with one attached hydrogen (secondary N) is 1. The first kappa shape index (κ1) is 35.5. The summed E-state index contributed by atoms with van der Waals surface area (Å²) in [5.74, 6) is -0.983. The van der Waals surface area contributed by atoms with E-state index in [2.05, 4.69) is 18.0 Å². The Labute approximate surface area is 232 Å². The van der Waals surface area contributed by atoms with E-state index in [1.807, 2.05) is 39.0 Å². The van der Waals surface area contributed by atoms with E-state index in [1.54, 1.807) is 25.1 Å². The maximum Gasteiger partial charge on any atom is 0.251 e. The number of para-hydroxylation sites is 1. The first-order valence-electron chi connectivity index (χ1n) is 13.4. The van der Waals surface area contributed by atoms with E-state index < -0.39 is 11.6 Å². The van der Waals surface area contributed by atoms with Gasteiger partial charge in [-0.05, 0) is 86.7 Å². The lowest BCUT2D eigenvalue weighted by molar-refractivity contribution is 0.0955. The summed E-state index contributed by atoms with van der Waals surface area (Å²) in [5.41, 5.74) is 20.6. The highest BCUT2D eigenvalue weighted by Crippen LogP contribution is 2.24. The number of hydrogen-bond acceptors (Lipinski definition) is 5. The van der Waals surface area contributed by atoms with Gasteiger partial charge in [-0.3, -0.25) is 4.79 Å². The molecule has 0 aliphatic rings.